The molecule has 0 spiro atoms. The summed E-state index contributed by atoms with van der Waals surface area (Å²) >= 11 is 3.46. The molecule has 3 rings (SSSR count). The maximum Gasteiger partial charge on any atom is 0.227 e. The minimum atomic E-state index is -0.532. The van der Waals surface area contributed by atoms with Crippen LogP contribution in [0.3, 0.4) is 0 Å². The Hall–Kier alpha value is -2.19. The number of nitrogens with zero attached hydrogens (tertiary/aromatic N) is 4. The number of H-pyrrole nitrogens is 1. The number of hydrogen-bond donors (Lipinski definition) is 3. The number of anilines is 2. The van der Waals surface area contributed by atoms with Crippen molar-refractivity contribution >= 4 is 38.5 Å². The molecule has 3 aromatic rings. The quantitative estimate of drug-likeness (QED) is 0.527. The summed E-state index contributed by atoms with van der Waals surface area (Å²) in [5, 5.41) is 20.8. The molecular weight excluding hydrogens is 420 g/mol. The van der Waals surface area contributed by atoms with Gasteiger partial charge in [0, 0.05) is 16.2 Å². The molecule has 1 unspecified atom stereocenters. The van der Waals surface area contributed by atoms with E-state index >= 15 is 0 Å². The zero-order valence-corrected chi connectivity index (χ0v) is 18.4. The first-order valence-corrected chi connectivity index (χ1v) is 10.3. The van der Waals surface area contributed by atoms with E-state index in [2.05, 4.69) is 68.7 Å². The Kier molecular flexibility index (Phi) is 6.20. The van der Waals surface area contributed by atoms with Crippen LogP contribution in [0.15, 0.2) is 33.7 Å². The summed E-state index contributed by atoms with van der Waals surface area (Å²) in [5.41, 5.74) is 4.29. The lowest BCUT2D eigenvalue weighted by atomic mass is 10.1. The first-order valence-electron chi connectivity index (χ1n) is 9.49. The van der Waals surface area contributed by atoms with E-state index in [4.69, 9.17) is 4.98 Å². The van der Waals surface area contributed by atoms with Gasteiger partial charge in [-0.05, 0) is 51.0 Å². The maximum absolute atomic E-state index is 9.72. The van der Waals surface area contributed by atoms with Gasteiger partial charge in [-0.3, -0.25) is 5.10 Å². The predicted octanol–water partition coefficient (Wildman–Crippen LogP) is 4.25. The highest BCUT2D eigenvalue weighted by atomic mass is 79.9. The van der Waals surface area contributed by atoms with Crippen molar-refractivity contribution in [3.8, 4) is 0 Å². The van der Waals surface area contributed by atoms with Crippen molar-refractivity contribution in [2.45, 2.75) is 52.7 Å². The second-order valence-corrected chi connectivity index (χ2v) is 8.45. The topological polar surface area (TPSA) is 91.1 Å². The van der Waals surface area contributed by atoms with Crippen molar-refractivity contribution in [1.29, 1.82) is 0 Å². The standard InChI is InChI=1S/C20H27BrN6O/c1-11(2)16-18-17(26-25-16)19(23-15-8-6-14(21)7-9-15)24-20(22-10-13(5)28)27(18)12(3)4/h6-9,11-13,28H,10H2,1-5H3,(H,25,26)(H,22,23,24). The van der Waals surface area contributed by atoms with Crippen LogP contribution in [-0.2, 0) is 0 Å². The largest absolute Gasteiger partial charge is 0.391 e. The molecule has 1 aromatic carbocycles. The first kappa shape index (κ1) is 20.5. The van der Waals surface area contributed by atoms with Crippen molar-refractivity contribution in [2.75, 3.05) is 11.9 Å². The van der Waals surface area contributed by atoms with Gasteiger partial charge in [-0.25, -0.2) is 4.99 Å². The van der Waals surface area contributed by atoms with Gasteiger partial charge in [0.1, 0.15) is 0 Å². The number of aromatic nitrogens is 4. The van der Waals surface area contributed by atoms with Crippen LogP contribution in [0.4, 0.5) is 11.5 Å². The van der Waals surface area contributed by atoms with Crippen molar-refractivity contribution < 1.29 is 5.11 Å². The Morgan fingerprint density at radius 1 is 1.18 bits per heavy atom. The van der Waals surface area contributed by atoms with E-state index in [-0.39, 0.29) is 18.5 Å². The van der Waals surface area contributed by atoms with Gasteiger partial charge >= 0.3 is 0 Å². The highest BCUT2D eigenvalue weighted by Gasteiger charge is 2.20. The molecule has 3 N–H and O–H groups in total. The van der Waals surface area contributed by atoms with E-state index in [0.717, 1.165) is 26.9 Å². The molecule has 0 aliphatic rings. The Morgan fingerprint density at radius 2 is 1.86 bits per heavy atom. The van der Waals surface area contributed by atoms with Crippen molar-refractivity contribution in [1.82, 2.24) is 19.7 Å². The van der Waals surface area contributed by atoms with E-state index in [0.29, 0.717) is 11.4 Å². The molecule has 2 heterocycles. The predicted molar refractivity (Wildman–Crippen MR) is 116 cm³/mol. The number of fused-ring (bicyclic) bond motifs is 1. The Labute approximate surface area is 173 Å². The highest BCUT2D eigenvalue weighted by Crippen LogP contribution is 2.29. The van der Waals surface area contributed by atoms with Crippen molar-refractivity contribution in [2.24, 2.45) is 4.99 Å². The Morgan fingerprint density at radius 3 is 2.43 bits per heavy atom. The normalized spacial score (nSPS) is 13.7. The average Bonchev–Trinajstić information content (AvgIpc) is 3.06. The van der Waals surface area contributed by atoms with E-state index in [1.807, 2.05) is 24.3 Å². The molecule has 0 fully saturated rings. The third-order valence-electron chi connectivity index (χ3n) is 4.36. The molecule has 0 saturated heterocycles. The van der Waals surface area contributed by atoms with Crippen LogP contribution in [0.5, 0.6) is 0 Å². The third-order valence-corrected chi connectivity index (χ3v) is 4.89. The van der Waals surface area contributed by atoms with Crippen LogP contribution >= 0.6 is 15.9 Å². The fourth-order valence-electron chi connectivity index (χ4n) is 3.04. The molecule has 28 heavy (non-hydrogen) atoms. The van der Waals surface area contributed by atoms with Crippen LogP contribution < -0.4 is 10.9 Å². The average molecular weight is 447 g/mol. The summed E-state index contributed by atoms with van der Waals surface area (Å²) in [6.45, 7) is 10.5. The van der Waals surface area contributed by atoms with Gasteiger partial charge in [0.25, 0.3) is 0 Å². The van der Waals surface area contributed by atoms with Gasteiger partial charge in [0.15, 0.2) is 11.3 Å². The number of nitrogens with one attached hydrogen (secondary N) is 2. The zero-order valence-electron chi connectivity index (χ0n) is 16.9. The van der Waals surface area contributed by atoms with Crippen LogP contribution in [0.25, 0.3) is 11.0 Å². The van der Waals surface area contributed by atoms with Crippen molar-refractivity contribution in [3.63, 3.8) is 0 Å². The number of aromatic amines is 1. The second-order valence-electron chi connectivity index (χ2n) is 7.53. The number of benzene rings is 1. The Bertz CT molecular complexity index is 1020. The molecule has 0 aliphatic carbocycles. The zero-order chi connectivity index (χ0) is 20.4. The lowest BCUT2D eigenvalue weighted by molar-refractivity contribution is 0.202. The molecule has 8 heteroatoms. The number of hydrogen-bond acceptors (Lipinski definition) is 5. The molecule has 0 amide bonds. The number of aliphatic hydroxyl groups is 1. The van der Waals surface area contributed by atoms with Crippen LogP contribution in [-0.4, -0.2) is 37.5 Å². The fourth-order valence-corrected chi connectivity index (χ4v) is 3.30. The molecule has 150 valence electrons. The van der Waals surface area contributed by atoms with Crippen LogP contribution in [0, 0.1) is 0 Å². The highest BCUT2D eigenvalue weighted by molar-refractivity contribution is 9.10. The second kappa shape index (κ2) is 8.45. The number of halogens is 1. The van der Waals surface area contributed by atoms with Crippen LogP contribution in [0.2, 0.25) is 0 Å². The molecule has 7 nitrogen and oxygen atoms in total. The van der Waals surface area contributed by atoms with Gasteiger partial charge in [-0.1, -0.05) is 29.8 Å². The van der Waals surface area contributed by atoms with Gasteiger partial charge in [-0.15, -0.1) is 0 Å². The Balaban J connectivity index is 2.27. The molecular formula is C20H27BrN6O. The molecule has 2 aromatic heterocycles. The van der Waals surface area contributed by atoms with Gasteiger partial charge < -0.3 is 15.0 Å². The minimum absolute atomic E-state index is 0.138. The lowest BCUT2D eigenvalue weighted by Gasteiger charge is -2.17. The summed E-state index contributed by atoms with van der Waals surface area (Å²) in [7, 11) is 0. The maximum atomic E-state index is 9.72. The number of rotatable bonds is 6. The summed E-state index contributed by atoms with van der Waals surface area (Å²) in [6, 6.07) is 8.03. The first-order chi connectivity index (χ1) is 13.3. The van der Waals surface area contributed by atoms with E-state index in [1.54, 1.807) is 6.92 Å². The minimum Gasteiger partial charge on any atom is -0.391 e. The molecule has 1 atom stereocenters. The summed E-state index contributed by atoms with van der Waals surface area (Å²) in [5.74, 6) is 0.907. The molecule has 0 aliphatic heterocycles. The smallest absolute Gasteiger partial charge is 0.227 e. The van der Waals surface area contributed by atoms with E-state index < -0.39 is 6.10 Å². The van der Waals surface area contributed by atoms with Gasteiger partial charge in [0.2, 0.25) is 5.62 Å². The third kappa shape index (κ3) is 4.28. The molecule has 0 bridgehead atoms. The molecule has 0 saturated carbocycles. The summed E-state index contributed by atoms with van der Waals surface area (Å²) in [6.07, 6.45) is -0.532. The summed E-state index contributed by atoms with van der Waals surface area (Å²) < 4.78 is 3.10. The summed E-state index contributed by atoms with van der Waals surface area (Å²) in [4.78, 5) is 9.35. The van der Waals surface area contributed by atoms with Gasteiger partial charge in [0.05, 0.1) is 23.9 Å². The SMILES string of the molecule is CC(O)CN=c1nc(Nc2ccc(Br)cc2)c2n[nH]c(C(C)C)c2n1C(C)C. The van der Waals surface area contributed by atoms with Gasteiger partial charge in [-0.2, -0.15) is 10.1 Å². The van der Waals surface area contributed by atoms with E-state index in [9.17, 15) is 5.11 Å². The van der Waals surface area contributed by atoms with Crippen molar-refractivity contribution in [3.05, 3.63) is 40.1 Å². The number of aliphatic hydroxyl groups excluding tert-OH is 1. The fraction of sp³-hybridized carbons (Fsp3) is 0.450. The molecule has 0 radical (unpaired) electrons. The van der Waals surface area contributed by atoms with E-state index in [1.165, 1.54) is 0 Å². The lowest BCUT2D eigenvalue weighted by Crippen LogP contribution is -2.29. The monoisotopic (exact) mass is 446 g/mol. The van der Waals surface area contributed by atoms with Crippen LogP contribution in [0.1, 0.15) is 52.3 Å².